The molecule has 0 bridgehead atoms. The second-order valence-electron chi connectivity index (χ2n) is 9.44. The molecule has 35 heavy (non-hydrogen) atoms. The van der Waals surface area contributed by atoms with Crippen molar-refractivity contribution in [2.45, 2.75) is 26.7 Å². The van der Waals surface area contributed by atoms with Gasteiger partial charge in [-0.05, 0) is 77.9 Å². The molecule has 3 heteroatoms. The predicted octanol–water partition coefficient (Wildman–Crippen LogP) is 4.69. The Morgan fingerprint density at radius 3 is 2.43 bits per heavy atom. The summed E-state index contributed by atoms with van der Waals surface area (Å²) in [5.41, 5.74) is 8.89. The molecule has 6 rings (SSSR count). The van der Waals surface area contributed by atoms with Gasteiger partial charge in [0.15, 0.2) is 6.20 Å². The van der Waals surface area contributed by atoms with E-state index in [9.17, 15) is 0 Å². The van der Waals surface area contributed by atoms with Crippen LogP contribution in [0, 0.1) is 6.92 Å². The Kier molecular flexibility index (Phi) is 6.08. The predicted molar refractivity (Wildman–Crippen MR) is 144 cm³/mol. The zero-order valence-corrected chi connectivity index (χ0v) is 21.2. The smallest absolute Gasteiger partial charge is 0.212 e. The zero-order valence-electron chi connectivity index (χ0n) is 20.4. The molecule has 2 aromatic heterocycles. The topological polar surface area (TPSA) is 8.81 Å². The summed E-state index contributed by atoms with van der Waals surface area (Å²) in [4.78, 5) is 0. The lowest BCUT2D eigenvalue weighted by molar-refractivity contribution is -0.643. The average Bonchev–Trinajstić information content (AvgIpc) is 3.28. The number of halogens is 1. The number of nitrogens with zero attached hydrogens (tertiary/aromatic N) is 2. The van der Waals surface area contributed by atoms with E-state index in [1.165, 1.54) is 60.5 Å². The maximum absolute atomic E-state index is 2.35. The lowest BCUT2D eigenvalue weighted by Crippen LogP contribution is -3.00. The first-order valence-corrected chi connectivity index (χ1v) is 12.1. The monoisotopic (exact) mass is 476 g/mol. The number of fused-ring (bicyclic) bond motifs is 4. The van der Waals surface area contributed by atoms with E-state index in [1.54, 1.807) is 0 Å². The number of hydrogen-bond donors (Lipinski definition) is 0. The van der Waals surface area contributed by atoms with Gasteiger partial charge >= 0.3 is 0 Å². The molecule has 0 amide bonds. The lowest BCUT2D eigenvalue weighted by atomic mass is 9.98. The Bertz CT molecular complexity index is 1690. The summed E-state index contributed by atoms with van der Waals surface area (Å²) in [6.07, 6.45) is 6.69. The quantitative estimate of drug-likeness (QED) is 0.258. The average molecular weight is 477 g/mol. The molecule has 0 fully saturated rings. The highest BCUT2D eigenvalue weighted by atomic mass is 35.5. The van der Waals surface area contributed by atoms with Crippen LogP contribution in [0.15, 0.2) is 97.3 Å². The van der Waals surface area contributed by atoms with Gasteiger partial charge in [-0.15, -0.1) is 0 Å². The third kappa shape index (κ3) is 4.09. The molecule has 0 unspecified atom stereocenters. The molecule has 174 valence electrons. The number of aromatic nitrogens is 2. The number of benzene rings is 4. The van der Waals surface area contributed by atoms with Gasteiger partial charge in [-0.2, -0.15) is 0 Å². The molecule has 0 atom stereocenters. The second kappa shape index (κ2) is 9.20. The van der Waals surface area contributed by atoms with Gasteiger partial charge in [-0.1, -0.05) is 55.3 Å². The van der Waals surface area contributed by atoms with Crippen LogP contribution in [-0.2, 0) is 13.5 Å². The van der Waals surface area contributed by atoms with Crippen LogP contribution in [0.5, 0.6) is 0 Å². The fourth-order valence-corrected chi connectivity index (χ4v) is 5.22. The van der Waals surface area contributed by atoms with Crippen molar-refractivity contribution in [3.63, 3.8) is 0 Å². The molecule has 4 aromatic carbocycles. The summed E-state index contributed by atoms with van der Waals surface area (Å²) in [6, 6.07) is 31.5. The molecule has 0 aliphatic rings. The fourth-order valence-electron chi connectivity index (χ4n) is 5.22. The largest absolute Gasteiger partial charge is 1.00 e. The minimum atomic E-state index is 0. The van der Waals surface area contributed by atoms with Gasteiger partial charge in [0.1, 0.15) is 7.05 Å². The second-order valence-corrected chi connectivity index (χ2v) is 9.44. The van der Waals surface area contributed by atoms with E-state index < -0.39 is 0 Å². The van der Waals surface area contributed by atoms with Gasteiger partial charge in [0, 0.05) is 28.7 Å². The third-order valence-electron chi connectivity index (χ3n) is 6.96. The van der Waals surface area contributed by atoms with E-state index >= 15 is 0 Å². The number of aryl methyl sites for hydroxylation is 3. The third-order valence-corrected chi connectivity index (χ3v) is 6.96. The van der Waals surface area contributed by atoms with Gasteiger partial charge < -0.3 is 17.0 Å². The summed E-state index contributed by atoms with van der Waals surface area (Å²) in [7, 11) is 2.13. The highest BCUT2D eigenvalue weighted by Crippen LogP contribution is 2.31. The molecule has 0 spiro atoms. The normalized spacial score (nSPS) is 11.3. The first-order chi connectivity index (χ1) is 16.6. The van der Waals surface area contributed by atoms with E-state index in [0.717, 1.165) is 12.8 Å². The van der Waals surface area contributed by atoms with Crippen LogP contribution in [-0.4, -0.2) is 4.57 Å². The van der Waals surface area contributed by atoms with E-state index in [0.29, 0.717) is 0 Å². The van der Waals surface area contributed by atoms with Crippen molar-refractivity contribution in [3.05, 3.63) is 108 Å². The standard InChI is InChI=1S/C32H29N2.ClH/c1-4-6-23-7-5-8-28(18-23)34-16-15-24-11-12-26(20-32(24)34)25-13-14-31-30(19-25)29-17-22(2)9-10-27(29)21-33(31)3;/h5,7-21H,4,6H2,1-3H3;1H/q+1;/p-1. The SMILES string of the molecule is CCCc1cccc(-n2ccc3ccc(-c4ccc5c(c4)c4cc(C)ccc4c[n+]5C)cc32)c1.[Cl-]. The van der Waals surface area contributed by atoms with E-state index in [-0.39, 0.29) is 12.4 Å². The summed E-state index contributed by atoms with van der Waals surface area (Å²) >= 11 is 0. The summed E-state index contributed by atoms with van der Waals surface area (Å²) < 4.78 is 4.55. The van der Waals surface area contributed by atoms with Crippen LogP contribution in [0.4, 0.5) is 0 Å². The molecule has 0 radical (unpaired) electrons. The first-order valence-electron chi connectivity index (χ1n) is 12.1. The van der Waals surface area contributed by atoms with Crippen molar-refractivity contribution in [1.82, 2.24) is 4.57 Å². The highest BCUT2D eigenvalue weighted by molar-refractivity contribution is 6.05. The van der Waals surface area contributed by atoms with Gasteiger partial charge in [-0.25, -0.2) is 4.57 Å². The van der Waals surface area contributed by atoms with Gasteiger partial charge in [0.05, 0.1) is 10.9 Å². The summed E-state index contributed by atoms with van der Waals surface area (Å²) in [5.74, 6) is 0. The first kappa shape index (κ1) is 23.1. The molecule has 6 aromatic rings. The van der Waals surface area contributed by atoms with Crippen LogP contribution in [0.1, 0.15) is 24.5 Å². The van der Waals surface area contributed by atoms with Crippen LogP contribution in [0.3, 0.4) is 0 Å². The van der Waals surface area contributed by atoms with Crippen LogP contribution >= 0.6 is 0 Å². The van der Waals surface area contributed by atoms with Crippen LogP contribution in [0.25, 0.3) is 49.4 Å². The van der Waals surface area contributed by atoms with Crippen LogP contribution < -0.4 is 17.0 Å². The molecule has 0 N–H and O–H groups in total. The lowest BCUT2D eigenvalue weighted by Gasteiger charge is -2.10. The molecule has 0 saturated carbocycles. The molecule has 0 aliphatic heterocycles. The van der Waals surface area contributed by atoms with Gasteiger partial charge in [0.25, 0.3) is 0 Å². The highest BCUT2D eigenvalue weighted by Gasteiger charge is 2.13. The Balaban J connectivity index is 0.00000253. The molecule has 0 saturated heterocycles. The molecule has 0 aliphatic carbocycles. The minimum Gasteiger partial charge on any atom is -1.00 e. The van der Waals surface area contributed by atoms with Gasteiger partial charge in [0.2, 0.25) is 5.52 Å². The Labute approximate surface area is 212 Å². The van der Waals surface area contributed by atoms with E-state index in [1.807, 2.05) is 0 Å². The van der Waals surface area contributed by atoms with E-state index in [2.05, 4.69) is 127 Å². The number of hydrogen-bond acceptors (Lipinski definition) is 0. The number of rotatable bonds is 4. The minimum absolute atomic E-state index is 0. The summed E-state index contributed by atoms with van der Waals surface area (Å²) in [6.45, 7) is 4.40. The van der Waals surface area contributed by atoms with Crippen molar-refractivity contribution in [2.24, 2.45) is 7.05 Å². The van der Waals surface area contributed by atoms with E-state index in [4.69, 9.17) is 0 Å². The van der Waals surface area contributed by atoms with Crippen molar-refractivity contribution < 1.29 is 17.0 Å². The van der Waals surface area contributed by atoms with Crippen molar-refractivity contribution in [1.29, 1.82) is 0 Å². The summed E-state index contributed by atoms with van der Waals surface area (Å²) in [5, 5.41) is 5.14. The Morgan fingerprint density at radius 1 is 0.771 bits per heavy atom. The molecular formula is C32H29ClN2. The Morgan fingerprint density at radius 2 is 1.57 bits per heavy atom. The Hall–Kier alpha value is -3.62. The van der Waals surface area contributed by atoms with Crippen molar-refractivity contribution in [3.8, 4) is 16.8 Å². The molecule has 2 heterocycles. The zero-order chi connectivity index (χ0) is 23.2. The molecular weight excluding hydrogens is 448 g/mol. The fraction of sp³-hybridized carbons (Fsp3) is 0.156. The maximum Gasteiger partial charge on any atom is 0.212 e. The molecule has 2 nitrogen and oxygen atoms in total. The van der Waals surface area contributed by atoms with Crippen LogP contribution in [0.2, 0.25) is 0 Å². The van der Waals surface area contributed by atoms with Crippen molar-refractivity contribution >= 4 is 32.6 Å². The maximum atomic E-state index is 2.35. The van der Waals surface area contributed by atoms with Crippen molar-refractivity contribution in [2.75, 3.05) is 0 Å². The van der Waals surface area contributed by atoms with Gasteiger partial charge in [-0.3, -0.25) is 0 Å². The number of pyridine rings is 1.